The normalized spacial score (nSPS) is 10.5. The molecule has 0 saturated heterocycles. The molecule has 4 N–H and O–H groups in total. The summed E-state index contributed by atoms with van der Waals surface area (Å²) < 4.78 is 22.0. The molecule has 1 heterocycles. The van der Waals surface area contributed by atoms with Gasteiger partial charge in [0.05, 0.1) is 46.2 Å². The SMILES string of the molecule is [N-]=[N+]=NCCOCCOCCNC(=O)c1ccc(Nc2nc(NCCOCCOCCCC(=O)c3ccccc3)nc(Nc3ccc(N=[N+]=[N-])cc3)n2)cc1. The lowest BCUT2D eigenvalue weighted by Crippen LogP contribution is -2.27. The van der Waals surface area contributed by atoms with Crippen LogP contribution in [0.2, 0.25) is 0 Å². The maximum absolute atomic E-state index is 12.6. The zero-order valence-corrected chi connectivity index (χ0v) is 30.2. The Hall–Kier alpha value is -6.33. The van der Waals surface area contributed by atoms with Gasteiger partial charge in [-0.15, -0.1) is 0 Å². The fraction of sp³-hybridized carbons (Fsp3) is 0.361. The van der Waals surface area contributed by atoms with E-state index >= 15 is 0 Å². The molecule has 1 aromatic heterocycles. The van der Waals surface area contributed by atoms with E-state index in [9.17, 15) is 9.59 Å². The van der Waals surface area contributed by atoms with Gasteiger partial charge in [0.2, 0.25) is 17.8 Å². The van der Waals surface area contributed by atoms with Crippen molar-refractivity contribution in [2.45, 2.75) is 12.8 Å². The van der Waals surface area contributed by atoms with Crippen LogP contribution in [0.15, 0.2) is 89.1 Å². The molecular formula is C36H43N13O6. The largest absolute Gasteiger partial charge is 0.379 e. The van der Waals surface area contributed by atoms with E-state index in [0.717, 1.165) is 0 Å². The van der Waals surface area contributed by atoms with E-state index in [4.69, 9.17) is 30.0 Å². The number of carbonyl (C=O) groups is 2. The van der Waals surface area contributed by atoms with Gasteiger partial charge in [0, 0.05) is 70.7 Å². The lowest BCUT2D eigenvalue weighted by Gasteiger charge is -2.12. The van der Waals surface area contributed by atoms with Crippen molar-refractivity contribution in [1.29, 1.82) is 0 Å². The summed E-state index contributed by atoms with van der Waals surface area (Å²) in [6.07, 6.45) is 1.06. The van der Waals surface area contributed by atoms with Crippen LogP contribution in [0.4, 0.5) is 34.9 Å². The number of amides is 1. The quantitative estimate of drug-likeness (QED) is 0.0168. The Morgan fingerprint density at radius 3 is 1.84 bits per heavy atom. The molecule has 288 valence electrons. The Bertz CT molecular complexity index is 1850. The Kier molecular flexibility index (Phi) is 18.7. The molecule has 0 aliphatic heterocycles. The predicted molar refractivity (Wildman–Crippen MR) is 206 cm³/mol. The molecule has 0 aliphatic carbocycles. The molecule has 4 aromatic rings. The summed E-state index contributed by atoms with van der Waals surface area (Å²) in [5.74, 6) is 0.611. The molecular weight excluding hydrogens is 710 g/mol. The van der Waals surface area contributed by atoms with Crippen LogP contribution in [0.25, 0.3) is 20.9 Å². The molecule has 3 aromatic carbocycles. The van der Waals surface area contributed by atoms with Crippen LogP contribution in [-0.2, 0) is 18.9 Å². The highest BCUT2D eigenvalue weighted by Gasteiger charge is 2.10. The lowest BCUT2D eigenvalue weighted by molar-refractivity contribution is 0.0497. The molecule has 0 atom stereocenters. The maximum Gasteiger partial charge on any atom is 0.251 e. The van der Waals surface area contributed by atoms with Gasteiger partial charge in [0.1, 0.15) is 0 Å². The Morgan fingerprint density at radius 2 is 1.20 bits per heavy atom. The molecule has 0 radical (unpaired) electrons. The first-order valence-corrected chi connectivity index (χ1v) is 17.5. The minimum absolute atomic E-state index is 0.0994. The molecule has 1 amide bonds. The number of ether oxygens (including phenoxy) is 4. The molecule has 55 heavy (non-hydrogen) atoms. The number of hydrogen-bond donors (Lipinski definition) is 4. The highest BCUT2D eigenvalue weighted by atomic mass is 16.5. The van der Waals surface area contributed by atoms with Crippen molar-refractivity contribution in [1.82, 2.24) is 20.3 Å². The fourth-order valence-corrected chi connectivity index (χ4v) is 4.66. The molecule has 0 unspecified atom stereocenters. The van der Waals surface area contributed by atoms with E-state index in [-0.39, 0.29) is 36.1 Å². The molecule has 4 rings (SSSR count). The van der Waals surface area contributed by atoms with Crippen molar-refractivity contribution in [2.75, 3.05) is 88.4 Å². The summed E-state index contributed by atoms with van der Waals surface area (Å²) in [6.45, 7) is 3.95. The van der Waals surface area contributed by atoms with Gasteiger partial charge in [-0.05, 0) is 53.9 Å². The third kappa shape index (κ3) is 16.5. The smallest absolute Gasteiger partial charge is 0.251 e. The topological polar surface area (TPSA) is 255 Å². The van der Waals surface area contributed by atoms with Gasteiger partial charge < -0.3 is 40.2 Å². The van der Waals surface area contributed by atoms with Gasteiger partial charge in [0.25, 0.3) is 5.91 Å². The van der Waals surface area contributed by atoms with Crippen LogP contribution in [-0.4, -0.2) is 99.1 Å². The molecule has 0 aliphatic rings. The predicted octanol–water partition coefficient (Wildman–Crippen LogP) is 6.48. The van der Waals surface area contributed by atoms with Crippen LogP contribution in [0.3, 0.4) is 0 Å². The maximum atomic E-state index is 12.6. The third-order valence-corrected chi connectivity index (χ3v) is 7.31. The van der Waals surface area contributed by atoms with Crippen LogP contribution < -0.4 is 21.3 Å². The first-order valence-electron chi connectivity index (χ1n) is 17.5. The number of anilines is 5. The molecule has 19 nitrogen and oxygen atoms in total. The van der Waals surface area contributed by atoms with E-state index in [1.807, 2.05) is 30.3 Å². The average molecular weight is 754 g/mol. The van der Waals surface area contributed by atoms with Crippen molar-refractivity contribution >= 4 is 46.6 Å². The first kappa shape index (κ1) is 41.4. The molecule has 19 heteroatoms. The minimum Gasteiger partial charge on any atom is -0.379 e. The van der Waals surface area contributed by atoms with Crippen LogP contribution in [0, 0.1) is 0 Å². The second-order valence-corrected chi connectivity index (χ2v) is 11.3. The monoisotopic (exact) mass is 753 g/mol. The standard InChI is InChI=1S/C36H43N13O6/c37-48-41-18-22-55-26-25-53-20-16-39-33(51)28-8-10-29(11-9-28)42-35-44-34(45-36(46-35)43-30-12-14-31(15-13-30)47-49-38)40-17-21-54-24-23-52-19-4-7-32(50)27-5-2-1-3-6-27/h1-3,5-6,8-15H,4,7,16-26H2,(H,39,51)(H3,40,42,43,44,45,46). The number of aromatic nitrogens is 3. The molecule has 0 spiro atoms. The second kappa shape index (κ2) is 24.8. The van der Waals surface area contributed by atoms with Gasteiger partial charge in [-0.2, -0.15) is 15.0 Å². The highest BCUT2D eigenvalue weighted by molar-refractivity contribution is 5.96. The highest BCUT2D eigenvalue weighted by Crippen LogP contribution is 2.21. The van der Waals surface area contributed by atoms with Crippen molar-refractivity contribution in [3.63, 3.8) is 0 Å². The Balaban J connectivity index is 1.22. The summed E-state index contributed by atoms with van der Waals surface area (Å²) in [7, 11) is 0. The van der Waals surface area contributed by atoms with Crippen molar-refractivity contribution in [3.8, 4) is 0 Å². The Morgan fingerprint density at radius 1 is 0.618 bits per heavy atom. The van der Waals surface area contributed by atoms with E-state index in [1.165, 1.54) is 0 Å². The average Bonchev–Trinajstić information content (AvgIpc) is 3.20. The summed E-state index contributed by atoms with van der Waals surface area (Å²) in [5, 5.41) is 19.2. The number of Topliss-reactive ketones (excluding diaryl/α,β-unsaturated/α-hetero) is 1. The zero-order chi connectivity index (χ0) is 38.8. The number of nitrogens with one attached hydrogen (secondary N) is 4. The molecule has 0 bridgehead atoms. The number of nitrogens with zero attached hydrogens (tertiary/aromatic N) is 9. The van der Waals surface area contributed by atoms with Gasteiger partial charge in [-0.3, -0.25) is 9.59 Å². The number of rotatable bonds is 27. The lowest BCUT2D eigenvalue weighted by atomic mass is 10.1. The van der Waals surface area contributed by atoms with Gasteiger partial charge in [-0.25, -0.2) is 0 Å². The number of hydrogen-bond acceptors (Lipinski definition) is 14. The third-order valence-electron chi connectivity index (χ3n) is 7.31. The van der Waals surface area contributed by atoms with Gasteiger partial charge in [0.15, 0.2) is 5.78 Å². The van der Waals surface area contributed by atoms with Crippen molar-refractivity contribution in [2.24, 2.45) is 10.2 Å². The van der Waals surface area contributed by atoms with Crippen molar-refractivity contribution < 1.29 is 28.5 Å². The minimum atomic E-state index is -0.255. The first-order chi connectivity index (χ1) is 27.0. The molecule has 0 saturated carbocycles. The van der Waals surface area contributed by atoms with Gasteiger partial charge in [-0.1, -0.05) is 52.7 Å². The molecule has 0 fully saturated rings. The number of benzene rings is 3. The number of ketones is 1. The number of carbonyl (C=O) groups excluding carboxylic acids is 2. The van der Waals surface area contributed by atoms with E-state index in [0.29, 0.717) is 107 Å². The summed E-state index contributed by atoms with van der Waals surface area (Å²) in [6, 6.07) is 22.8. The zero-order valence-electron chi connectivity index (χ0n) is 30.2. The van der Waals surface area contributed by atoms with Crippen LogP contribution in [0.5, 0.6) is 0 Å². The summed E-state index contributed by atoms with van der Waals surface area (Å²) in [5.41, 5.74) is 19.9. The van der Waals surface area contributed by atoms with Crippen LogP contribution >= 0.6 is 0 Å². The number of azide groups is 2. The van der Waals surface area contributed by atoms with Gasteiger partial charge >= 0.3 is 0 Å². The van der Waals surface area contributed by atoms with E-state index in [2.05, 4.69) is 56.3 Å². The second-order valence-electron chi connectivity index (χ2n) is 11.3. The van der Waals surface area contributed by atoms with E-state index < -0.39 is 0 Å². The van der Waals surface area contributed by atoms with E-state index in [1.54, 1.807) is 48.5 Å². The van der Waals surface area contributed by atoms with Crippen molar-refractivity contribution in [3.05, 3.63) is 111 Å². The Labute approximate surface area is 317 Å². The summed E-state index contributed by atoms with van der Waals surface area (Å²) >= 11 is 0. The van der Waals surface area contributed by atoms with Crippen LogP contribution in [0.1, 0.15) is 33.6 Å². The summed E-state index contributed by atoms with van der Waals surface area (Å²) in [4.78, 5) is 43.7. The fourth-order valence-electron chi connectivity index (χ4n) is 4.66.